The van der Waals surface area contributed by atoms with Gasteiger partial charge in [0, 0.05) is 12.1 Å². The van der Waals surface area contributed by atoms with Crippen LogP contribution in [0.1, 0.15) is 42.1 Å². The fourth-order valence-electron chi connectivity index (χ4n) is 2.79. The zero-order valence-corrected chi connectivity index (χ0v) is 12.4. The Bertz CT molecular complexity index is 555. The first-order valence-corrected chi connectivity index (χ1v) is 7.27. The number of hydrogen-bond donors (Lipinski definition) is 2. The lowest BCUT2D eigenvalue weighted by Gasteiger charge is -2.37. The molecule has 5 nitrogen and oxygen atoms in total. The lowest BCUT2D eigenvalue weighted by atomic mass is 9.88. The van der Waals surface area contributed by atoms with Crippen LogP contribution in [0.4, 0.5) is 0 Å². The van der Waals surface area contributed by atoms with E-state index in [9.17, 15) is 19.8 Å². The van der Waals surface area contributed by atoms with Crippen LogP contribution in [0.3, 0.4) is 0 Å². The number of likely N-dealkylation sites (tertiary alicyclic amines) is 1. The number of piperidine rings is 1. The van der Waals surface area contributed by atoms with Gasteiger partial charge in [-0.05, 0) is 43.4 Å². The van der Waals surface area contributed by atoms with E-state index in [0.29, 0.717) is 30.0 Å². The third kappa shape index (κ3) is 3.17. The van der Waals surface area contributed by atoms with E-state index >= 15 is 0 Å². The van der Waals surface area contributed by atoms with Crippen LogP contribution in [0.5, 0.6) is 5.75 Å². The van der Waals surface area contributed by atoms with Crippen molar-refractivity contribution >= 4 is 11.9 Å². The number of nitrogens with zero attached hydrogens (tertiary/aromatic N) is 1. The van der Waals surface area contributed by atoms with Crippen molar-refractivity contribution in [3.05, 3.63) is 29.3 Å². The van der Waals surface area contributed by atoms with E-state index in [2.05, 4.69) is 0 Å². The number of carboxylic acid groups (broad SMARTS) is 1. The summed E-state index contributed by atoms with van der Waals surface area (Å²) < 4.78 is 0. The molecule has 0 aromatic heterocycles. The number of aliphatic carboxylic acids is 1. The van der Waals surface area contributed by atoms with E-state index < -0.39 is 12.0 Å². The molecule has 0 radical (unpaired) electrons. The summed E-state index contributed by atoms with van der Waals surface area (Å²) in [5.74, 6) is -0.886. The number of carboxylic acids is 1. The highest BCUT2D eigenvalue weighted by Gasteiger charge is 2.36. The molecule has 0 spiro atoms. The van der Waals surface area contributed by atoms with Crippen molar-refractivity contribution in [2.45, 2.75) is 39.2 Å². The predicted octanol–water partition coefficient (Wildman–Crippen LogP) is 2.42. The van der Waals surface area contributed by atoms with Gasteiger partial charge >= 0.3 is 5.97 Å². The Morgan fingerprint density at radius 2 is 2.10 bits per heavy atom. The van der Waals surface area contributed by atoms with Crippen LogP contribution < -0.4 is 0 Å². The number of rotatable bonds is 3. The minimum absolute atomic E-state index is 0.0520. The molecule has 0 saturated carbocycles. The van der Waals surface area contributed by atoms with Crippen LogP contribution in [0.15, 0.2) is 18.2 Å². The van der Waals surface area contributed by atoms with E-state index in [-0.39, 0.29) is 11.7 Å². The molecule has 1 aliphatic heterocycles. The van der Waals surface area contributed by atoms with Crippen molar-refractivity contribution in [3.8, 4) is 5.75 Å². The first-order valence-electron chi connectivity index (χ1n) is 7.27. The fraction of sp³-hybridized carbons (Fsp3) is 0.500. The Kier molecular flexibility index (Phi) is 4.50. The normalized spacial score (nSPS) is 22.1. The van der Waals surface area contributed by atoms with Gasteiger partial charge in [0.1, 0.15) is 11.8 Å². The Hall–Kier alpha value is -2.04. The second kappa shape index (κ2) is 6.16. The molecule has 1 aliphatic rings. The van der Waals surface area contributed by atoms with Gasteiger partial charge in [0.05, 0.1) is 0 Å². The molecule has 0 aliphatic carbocycles. The zero-order valence-electron chi connectivity index (χ0n) is 12.4. The topological polar surface area (TPSA) is 77.8 Å². The van der Waals surface area contributed by atoms with Gasteiger partial charge in [-0.1, -0.05) is 19.4 Å². The van der Waals surface area contributed by atoms with Gasteiger partial charge in [0.2, 0.25) is 0 Å². The second-order valence-corrected chi connectivity index (χ2v) is 5.65. The quantitative estimate of drug-likeness (QED) is 0.896. The van der Waals surface area contributed by atoms with E-state index in [1.807, 2.05) is 6.92 Å². The van der Waals surface area contributed by atoms with E-state index in [0.717, 1.165) is 12.8 Å². The Labute approximate surface area is 124 Å². The van der Waals surface area contributed by atoms with Crippen molar-refractivity contribution in [2.24, 2.45) is 5.92 Å². The number of phenols is 1. The highest BCUT2D eigenvalue weighted by molar-refractivity contribution is 5.97. The van der Waals surface area contributed by atoms with Crippen molar-refractivity contribution in [2.75, 3.05) is 6.54 Å². The Morgan fingerprint density at radius 1 is 1.38 bits per heavy atom. The summed E-state index contributed by atoms with van der Waals surface area (Å²) in [6.45, 7) is 4.23. The summed E-state index contributed by atoms with van der Waals surface area (Å²) in [6, 6.07) is 3.92. The van der Waals surface area contributed by atoms with Crippen LogP contribution in [-0.2, 0) is 4.79 Å². The molecular weight excluding hydrogens is 270 g/mol. The van der Waals surface area contributed by atoms with Gasteiger partial charge in [-0.3, -0.25) is 4.79 Å². The molecule has 1 aromatic rings. The van der Waals surface area contributed by atoms with Crippen LogP contribution in [0.2, 0.25) is 0 Å². The molecule has 2 unspecified atom stereocenters. The molecule has 0 bridgehead atoms. The molecule has 1 amide bonds. The smallest absolute Gasteiger partial charge is 0.326 e. The van der Waals surface area contributed by atoms with E-state index in [1.165, 1.54) is 11.0 Å². The van der Waals surface area contributed by atoms with Crippen LogP contribution in [0, 0.1) is 12.8 Å². The van der Waals surface area contributed by atoms with E-state index in [1.54, 1.807) is 19.1 Å². The maximum atomic E-state index is 12.5. The number of carbonyl (C=O) groups excluding carboxylic acids is 1. The maximum absolute atomic E-state index is 12.5. The van der Waals surface area contributed by atoms with Crippen molar-refractivity contribution < 1.29 is 19.8 Å². The summed E-state index contributed by atoms with van der Waals surface area (Å²) in [5.41, 5.74) is 1.02. The molecule has 1 heterocycles. The van der Waals surface area contributed by atoms with Gasteiger partial charge in [-0.15, -0.1) is 0 Å². The highest BCUT2D eigenvalue weighted by atomic mass is 16.4. The summed E-state index contributed by atoms with van der Waals surface area (Å²) >= 11 is 0. The molecule has 1 aromatic carbocycles. The lowest BCUT2D eigenvalue weighted by molar-refractivity contribution is -0.144. The molecule has 2 atom stereocenters. The molecule has 114 valence electrons. The standard InChI is InChI=1S/C16H21NO4/c1-3-11-6-7-17(13(8-11)16(20)21)15(19)12-5-4-10(2)14(18)9-12/h4-5,9,11,13,18H,3,6-8H2,1-2H3,(H,20,21). The Morgan fingerprint density at radius 3 is 2.67 bits per heavy atom. The van der Waals surface area contributed by atoms with Crippen molar-refractivity contribution in [3.63, 3.8) is 0 Å². The molecule has 1 saturated heterocycles. The van der Waals surface area contributed by atoms with Crippen LogP contribution in [-0.4, -0.2) is 39.6 Å². The first kappa shape index (κ1) is 15.4. The number of aryl methyl sites for hydroxylation is 1. The third-order valence-electron chi connectivity index (χ3n) is 4.29. The largest absolute Gasteiger partial charge is 0.508 e. The lowest BCUT2D eigenvalue weighted by Crippen LogP contribution is -2.50. The Balaban J connectivity index is 2.24. The molecule has 2 N–H and O–H groups in total. The van der Waals surface area contributed by atoms with Crippen molar-refractivity contribution in [1.82, 2.24) is 4.90 Å². The second-order valence-electron chi connectivity index (χ2n) is 5.65. The minimum Gasteiger partial charge on any atom is -0.508 e. The number of aromatic hydroxyl groups is 1. The first-order chi connectivity index (χ1) is 9.93. The third-order valence-corrected chi connectivity index (χ3v) is 4.29. The number of carbonyl (C=O) groups is 2. The molecular formula is C16H21NO4. The van der Waals surface area contributed by atoms with E-state index in [4.69, 9.17) is 0 Å². The van der Waals surface area contributed by atoms with Gasteiger partial charge in [-0.25, -0.2) is 4.79 Å². The maximum Gasteiger partial charge on any atom is 0.326 e. The summed E-state index contributed by atoms with van der Waals surface area (Å²) in [4.78, 5) is 25.4. The zero-order chi connectivity index (χ0) is 15.6. The summed E-state index contributed by atoms with van der Waals surface area (Å²) in [7, 11) is 0. The van der Waals surface area contributed by atoms with Gasteiger partial charge in [-0.2, -0.15) is 0 Å². The van der Waals surface area contributed by atoms with Gasteiger partial charge in [0.15, 0.2) is 0 Å². The number of phenolic OH excluding ortho intramolecular Hbond substituents is 1. The van der Waals surface area contributed by atoms with Gasteiger partial charge in [0.25, 0.3) is 5.91 Å². The van der Waals surface area contributed by atoms with Crippen LogP contribution in [0.25, 0.3) is 0 Å². The van der Waals surface area contributed by atoms with Crippen molar-refractivity contribution in [1.29, 1.82) is 0 Å². The molecule has 5 heteroatoms. The average Bonchev–Trinajstić information content (AvgIpc) is 2.48. The minimum atomic E-state index is -0.960. The molecule has 2 rings (SSSR count). The molecule has 21 heavy (non-hydrogen) atoms. The van der Waals surface area contributed by atoms with Gasteiger partial charge < -0.3 is 15.1 Å². The fourth-order valence-corrected chi connectivity index (χ4v) is 2.79. The van der Waals surface area contributed by atoms with Crippen LogP contribution >= 0.6 is 0 Å². The highest BCUT2D eigenvalue weighted by Crippen LogP contribution is 2.28. The average molecular weight is 291 g/mol. The monoisotopic (exact) mass is 291 g/mol. The number of hydrogen-bond acceptors (Lipinski definition) is 3. The number of benzene rings is 1. The number of amides is 1. The summed E-state index contributed by atoms with van der Waals surface area (Å²) in [5, 5.41) is 19.1. The molecule has 1 fully saturated rings. The predicted molar refractivity (Wildman–Crippen MR) is 78.3 cm³/mol. The SMILES string of the molecule is CCC1CCN(C(=O)c2ccc(C)c(O)c2)C(C(=O)O)C1. The summed E-state index contributed by atoms with van der Waals surface area (Å²) in [6.07, 6.45) is 2.25.